The number of hydrogen-bond donors (Lipinski definition) is 0. The molecule has 0 aromatic heterocycles. The summed E-state index contributed by atoms with van der Waals surface area (Å²) >= 11 is 1.25. The molecule has 0 saturated heterocycles. The standard InChI is InChI=1S/C12H13NO3S/c1-3-13-8-6-4-5-7-9(8)17-10(11(13)14)12(15)16-2/h4-7,10H,3H2,1-2H3. The molecule has 0 saturated carbocycles. The van der Waals surface area contributed by atoms with E-state index in [1.165, 1.54) is 18.9 Å². The van der Waals surface area contributed by atoms with Gasteiger partial charge in [-0.1, -0.05) is 23.9 Å². The van der Waals surface area contributed by atoms with Gasteiger partial charge in [0.15, 0.2) is 5.25 Å². The number of para-hydroxylation sites is 1. The van der Waals surface area contributed by atoms with Gasteiger partial charge in [-0.2, -0.15) is 0 Å². The van der Waals surface area contributed by atoms with Gasteiger partial charge >= 0.3 is 5.97 Å². The van der Waals surface area contributed by atoms with E-state index in [9.17, 15) is 9.59 Å². The van der Waals surface area contributed by atoms with Crippen molar-refractivity contribution < 1.29 is 14.3 Å². The Bertz CT molecular complexity index is 461. The van der Waals surface area contributed by atoms with Crippen molar-refractivity contribution in [3.05, 3.63) is 24.3 Å². The topological polar surface area (TPSA) is 46.6 Å². The van der Waals surface area contributed by atoms with E-state index in [0.29, 0.717) is 6.54 Å². The first-order valence-corrected chi connectivity index (χ1v) is 6.22. The Labute approximate surface area is 104 Å². The monoisotopic (exact) mass is 251 g/mol. The minimum Gasteiger partial charge on any atom is -0.468 e. The van der Waals surface area contributed by atoms with Gasteiger partial charge in [-0.25, -0.2) is 0 Å². The first-order valence-electron chi connectivity index (χ1n) is 5.34. The molecule has 0 N–H and O–H groups in total. The first kappa shape index (κ1) is 12.0. The second-order valence-electron chi connectivity index (χ2n) is 3.57. The van der Waals surface area contributed by atoms with E-state index >= 15 is 0 Å². The second kappa shape index (κ2) is 4.79. The molecule has 1 aromatic carbocycles. The number of anilines is 1. The molecule has 0 bridgehead atoms. The quantitative estimate of drug-likeness (QED) is 0.592. The second-order valence-corrected chi connectivity index (χ2v) is 4.72. The molecule has 1 aliphatic heterocycles. The summed E-state index contributed by atoms with van der Waals surface area (Å²) in [5.41, 5.74) is 0.866. The van der Waals surface area contributed by atoms with E-state index in [0.717, 1.165) is 10.6 Å². The molecule has 4 nitrogen and oxygen atoms in total. The molecule has 1 heterocycles. The van der Waals surface area contributed by atoms with Gasteiger partial charge in [0, 0.05) is 11.4 Å². The fourth-order valence-electron chi connectivity index (χ4n) is 1.80. The highest BCUT2D eigenvalue weighted by Gasteiger charge is 2.38. The Hall–Kier alpha value is -1.49. The lowest BCUT2D eigenvalue weighted by atomic mass is 10.2. The van der Waals surface area contributed by atoms with Gasteiger partial charge in [-0.3, -0.25) is 9.59 Å². The van der Waals surface area contributed by atoms with Crippen molar-refractivity contribution in [1.82, 2.24) is 0 Å². The number of nitrogens with zero attached hydrogens (tertiary/aromatic N) is 1. The lowest BCUT2D eigenvalue weighted by Crippen LogP contribution is -2.44. The lowest BCUT2D eigenvalue weighted by molar-refractivity contribution is -0.142. The van der Waals surface area contributed by atoms with Crippen molar-refractivity contribution in [1.29, 1.82) is 0 Å². The molecule has 90 valence electrons. The third-order valence-corrected chi connectivity index (χ3v) is 3.85. The van der Waals surface area contributed by atoms with E-state index in [1.54, 1.807) is 4.90 Å². The van der Waals surface area contributed by atoms with E-state index in [4.69, 9.17) is 0 Å². The van der Waals surface area contributed by atoms with Gasteiger partial charge < -0.3 is 9.64 Å². The zero-order valence-corrected chi connectivity index (χ0v) is 10.5. The number of carbonyl (C=O) groups excluding carboxylic acids is 2. The summed E-state index contributed by atoms with van der Waals surface area (Å²) in [5.74, 6) is -0.698. The van der Waals surface area contributed by atoms with Crippen LogP contribution in [0.15, 0.2) is 29.2 Å². The summed E-state index contributed by atoms with van der Waals surface area (Å²) in [5, 5.41) is -0.783. The molecule has 5 heteroatoms. The molecule has 0 aliphatic carbocycles. The van der Waals surface area contributed by atoms with Crippen molar-refractivity contribution in [3.63, 3.8) is 0 Å². The predicted molar refractivity (Wildman–Crippen MR) is 66.1 cm³/mol. The van der Waals surface area contributed by atoms with Crippen LogP contribution in [0.3, 0.4) is 0 Å². The number of thioether (sulfide) groups is 1. The van der Waals surface area contributed by atoms with E-state index < -0.39 is 11.2 Å². The molecular formula is C12H13NO3S. The summed E-state index contributed by atoms with van der Waals surface area (Å²) in [6.45, 7) is 2.43. The molecule has 0 spiro atoms. The number of esters is 1. The van der Waals surface area contributed by atoms with Crippen LogP contribution < -0.4 is 4.90 Å². The van der Waals surface area contributed by atoms with Crippen molar-refractivity contribution in [3.8, 4) is 0 Å². The van der Waals surface area contributed by atoms with Gasteiger partial charge in [0.1, 0.15) is 0 Å². The highest BCUT2D eigenvalue weighted by molar-refractivity contribution is 8.01. The third kappa shape index (κ3) is 2.02. The van der Waals surface area contributed by atoms with Crippen LogP contribution in [0, 0.1) is 0 Å². The molecule has 1 amide bonds. The molecule has 2 rings (SSSR count). The molecule has 0 fully saturated rings. The summed E-state index contributed by atoms with van der Waals surface area (Å²) < 4.78 is 4.66. The fraction of sp³-hybridized carbons (Fsp3) is 0.333. The van der Waals surface area contributed by atoms with Gasteiger partial charge in [0.25, 0.3) is 5.91 Å². The van der Waals surface area contributed by atoms with Crippen LogP contribution in [0.4, 0.5) is 5.69 Å². The number of amides is 1. The van der Waals surface area contributed by atoms with Gasteiger partial charge in [-0.15, -0.1) is 0 Å². The van der Waals surface area contributed by atoms with Crippen LogP contribution in [0.2, 0.25) is 0 Å². The Morgan fingerprint density at radius 2 is 2.18 bits per heavy atom. The van der Waals surface area contributed by atoms with E-state index in [2.05, 4.69) is 4.74 Å². The van der Waals surface area contributed by atoms with Crippen LogP contribution in [0.1, 0.15) is 6.92 Å². The van der Waals surface area contributed by atoms with Crippen molar-refractivity contribution in [2.45, 2.75) is 17.1 Å². The maximum absolute atomic E-state index is 12.1. The Balaban J connectivity index is 2.42. The zero-order valence-electron chi connectivity index (χ0n) is 9.67. The first-order chi connectivity index (χ1) is 8.19. The maximum atomic E-state index is 12.1. The van der Waals surface area contributed by atoms with Gasteiger partial charge in [-0.05, 0) is 19.1 Å². The summed E-state index contributed by atoms with van der Waals surface area (Å²) in [6, 6.07) is 7.57. The van der Waals surface area contributed by atoms with Crippen LogP contribution in [0.25, 0.3) is 0 Å². The number of rotatable bonds is 2. The number of fused-ring (bicyclic) bond motifs is 1. The van der Waals surface area contributed by atoms with E-state index in [-0.39, 0.29) is 5.91 Å². The average molecular weight is 251 g/mol. The molecule has 17 heavy (non-hydrogen) atoms. The summed E-state index contributed by atoms with van der Waals surface area (Å²) in [6.07, 6.45) is 0. The van der Waals surface area contributed by atoms with Gasteiger partial charge in [0.05, 0.1) is 12.8 Å². The zero-order chi connectivity index (χ0) is 12.4. The Morgan fingerprint density at radius 1 is 1.47 bits per heavy atom. The normalized spacial score (nSPS) is 18.8. The third-order valence-electron chi connectivity index (χ3n) is 2.62. The highest BCUT2D eigenvalue weighted by Crippen LogP contribution is 2.39. The highest BCUT2D eigenvalue weighted by atomic mass is 32.2. The SMILES string of the molecule is CCN1C(=O)C(C(=O)OC)Sc2ccccc21. The number of hydrogen-bond acceptors (Lipinski definition) is 4. The Morgan fingerprint density at radius 3 is 2.82 bits per heavy atom. The van der Waals surface area contributed by atoms with Crippen LogP contribution in [-0.4, -0.2) is 30.8 Å². The van der Waals surface area contributed by atoms with Crippen molar-refractivity contribution >= 4 is 29.3 Å². The van der Waals surface area contributed by atoms with Crippen LogP contribution >= 0.6 is 11.8 Å². The molecule has 1 atom stereocenters. The van der Waals surface area contributed by atoms with Gasteiger partial charge in [0.2, 0.25) is 0 Å². The smallest absolute Gasteiger partial charge is 0.328 e. The number of benzene rings is 1. The number of carbonyl (C=O) groups is 2. The number of ether oxygens (including phenoxy) is 1. The minimum atomic E-state index is -0.783. The van der Waals surface area contributed by atoms with E-state index in [1.807, 2.05) is 31.2 Å². The van der Waals surface area contributed by atoms with Crippen molar-refractivity contribution in [2.24, 2.45) is 0 Å². The lowest BCUT2D eigenvalue weighted by Gasteiger charge is -2.31. The molecule has 0 radical (unpaired) electrons. The fourth-order valence-corrected chi connectivity index (χ4v) is 2.93. The molecular weight excluding hydrogens is 238 g/mol. The number of methoxy groups -OCH3 is 1. The van der Waals surface area contributed by atoms with Crippen LogP contribution in [-0.2, 0) is 14.3 Å². The maximum Gasteiger partial charge on any atom is 0.328 e. The molecule has 1 aliphatic rings. The Kier molecular flexibility index (Phi) is 3.38. The molecule has 1 unspecified atom stereocenters. The van der Waals surface area contributed by atoms with Crippen molar-refractivity contribution in [2.75, 3.05) is 18.6 Å². The largest absolute Gasteiger partial charge is 0.468 e. The van der Waals surface area contributed by atoms with Crippen LogP contribution in [0.5, 0.6) is 0 Å². The molecule has 1 aromatic rings. The minimum absolute atomic E-state index is 0.206. The predicted octanol–water partition coefficient (Wildman–Crippen LogP) is 1.69. The summed E-state index contributed by atoms with van der Waals surface area (Å²) in [4.78, 5) is 26.2. The average Bonchev–Trinajstić information content (AvgIpc) is 2.37. The summed E-state index contributed by atoms with van der Waals surface area (Å²) in [7, 11) is 1.30.